The summed E-state index contributed by atoms with van der Waals surface area (Å²) in [4.78, 5) is 43.3. The van der Waals surface area contributed by atoms with E-state index in [4.69, 9.17) is 4.74 Å². The third kappa shape index (κ3) is 4.94. The highest BCUT2D eigenvalue weighted by Gasteiger charge is 2.26. The van der Waals surface area contributed by atoms with E-state index < -0.39 is 6.10 Å². The van der Waals surface area contributed by atoms with Crippen LogP contribution in [0.2, 0.25) is 0 Å². The fourth-order valence-electron chi connectivity index (χ4n) is 2.13. The second-order valence-electron chi connectivity index (χ2n) is 5.02. The Kier molecular flexibility index (Phi) is 6.67. The number of ether oxygens (including phenoxy) is 1. The van der Waals surface area contributed by atoms with Crippen LogP contribution in [0, 0.1) is 5.92 Å². The number of piperidine rings is 1. The van der Waals surface area contributed by atoms with Crippen LogP contribution in [0.4, 0.5) is 0 Å². The highest BCUT2D eigenvalue weighted by molar-refractivity contribution is 6.04. The van der Waals surface area contributed by atoms with Gasteiger partial charge in [-0.2, -0.15) is 0 Å². The zero-order chi connectivity index (χ0) is 15.1. The van der Waals surface area contributed by atoms with E-state index in [9.17, 15) is 19.2 Å². The molecule has 0 amide bonds. The number of carbonyl (C=O) groups excluding carboxylic acids is 4. The molecule has 2 heterocycles. The second-order valence-corrected chi connectivity index (χ2v) is 5.02. The molecule has 0 bridgehead atoms. The molecule has 2 saturated heterocycles. The Bertz CT molecular complexity index is 366. The van der Waals surface area contributed by atoms with Gasteiger partial charge in [-0.05, 0) is 20.3 Å². The van der Waals surface area contributed by atoms with Crippen molar-refractivity contribution in [2.45, 2.75) is 39.2 Å². The molecule has 0 radical (unpaired) electrons. The fraction of sp³-hybridized carbons (Fsp3) is 0.714. The molecule has 0 spiro atoms. The summed E-state index contributed by atoms with van der Waals surface area (Å²) in [5.74, 6) is -0.541. The van der Waals surface area contributed by atoms with E-state index in [1.807, 2.05) is 0 Å². The zero-order valence-electron chi connectivity index (χ0n) is 11.9. The van der Waals surface area contributed by atoms with Gasteiger partial charge >= 0.3 is 0 Å². The van der Waals surface area contributed by atoms with E-state index in [1.54, 1.807) is 0 Å². The summed E-state index contributed by atoms with van der Waals surface area (Å²) in [6.45, 7) is 4.65. The van der Waals surface area contributed by atoms with Gasteiger partial charge in [-0.1, -0.05) is 0 Å². The molecular weight excluding hydrogens is 262 g/mol. The first-order valence-electron chi connectivity index (χ1n) is 6.82. The van der Waals surface area contributed by atoms with Crippen molar-refractivity contribution < 1.29 is 23.9 Å². The standard InChI is InChI=1S/C7H11NO2.C7H10O3/c1-5(9)6-4-8-3-2-7(6)10;1-5(8)7-6(9)3-2-4-10-7/h6,8H,2-4H2,1H3;7H,2-4H2,1H3. The lowest BCUT2D eigenvalue weighted by molar-refractivity contribution is -0.145. The Morgan fingerprint density at radius 2 is 1.80 bits per heavy atom. The molecule has 2 aliphatic heterocycles. The van der Waals surface area contributed by atoms with Gasteiger partial charge in [0, 0.05) is 32.5 Å². The van der Waals surface area contributed by atoms with Gasteiger partial charge < -0.3 is 10.1 Å². The number of hydrogen-bond acceptors (Lipinski definition) is 6. The topological polar surface area (TPSA) is 89.5 Å². The summed E-state index contributed by atoms with van der Waals surface area (Å²) in [6.07, 6.45) is 0.991. The van der Waals surface area contributed by atoms with Crippen LogP contribution >= 0.6 is 0 Å². The molecule has 0 aromatic heterocycles. The number of hydrogen-bond donors (Lipinski definition) is 1. The largest absolute Gasteiger partial charge is 0.363 e. The molecule has 6 heteroatoms. The third-order valence-electron chi connectivity index (χ3n) is 3.29. The zero-order valence-corrected chi connectivity index (χ0v) is 11.9. The lowest BCUT2D eigenvalue weighted by Crippen LogP contribution is -2.40. The Balaban J connectivity index is 0.000000200. The molecule has 2 unspecified atom stereocenters. The first-order chi connectivity index (χ1) is 9.43. The molecule has 0 saturated carbocycles. The molecule has 6 nitrogen and oxygen atoms in total. The van der Waals surface area contributed by atoms with Crippen molar-refractivity contribution in [3.8, 4) is 0 Å². The van der Waals surface area contributed by atoms with E-state index in [2.05, 4.69) is 5.32 Å². The van der Waals surface area contributed by atoms with Crippen molar-refractivity contribution >= 4 is 23.1 Å². The molecule has 0 aromatic rings. The number of rotatable bonds is 2. The lowest BCUT2D eigenvalue weighted by Gasteiger charge is -2.18. The summed E-state index contributed by atoms with van der Waals surface area (Å²) in [5, 5.41) is 3.00. The third-order valence-corrected chi connectivity index (χ3v) is 3.29. The van der Waals surface area contributed by atoms with E-state index in [1.165, 1.54) is 13.8 Å². The smallest absolute Gasteiger partial charge is 0.173 e. The summed E-state index contributed by atoms with van der Waals surface area (Å²) in [5.41, 5.74) is 0. The Morgan fingerprint density at radius 3 is 2.20 bits per heavy atom. The van der Waals surface area contributed by atoms with Crippen molar-refractivity contribution in [2.24, 2.45) is 5.92 Å². The molecule has 2 atom stereocenters. The monoisotopic (exact) mass is 283 g/mol. The maximum Gasteiger partial charge on any atom is 0.173 e. The van der Waals surface area contributed by atoms with Crippen LogP contribution in [0.25, 0.3) is 0 Å². The van der Waals surface area contributed by atoms with Gasteiger partial charge in [-0.15, -0.1) is 0 Å². The molecule has 20 heavy (non-hydrogen) atoms. The highest BCUT2D eigenvalue weighted by Crippen LogP contribution is 2.09. The first-order valence-corrected chi connectivity index (χ1v) is 6.82. The average Bonchev–Trinajstić information content (AvgIpc) is 2.40. The van der Waals surface area contributed by atoms with Gasteiger partial charge in [-0.3, -0.25) is 19.2 Å². The molecule has 112 valence electrons. The maximum absolute atomic E-state index is 11.0. The van der Waals surface area contributed by atoms with Crippen LogP contribution in [0.3, 0.4) is 0 Å². The summed E-state index contributed by atoms with van der Waals surface area (Å²) in [6, 6.07) is 0. The van der Waals surface area contributed by atoms with Crippen molar-refractivity contribution in [3.05, 3.63) is 0 Å². The predicted octanol–water partition coefficient (Wildman–Crippen LogP) is 0.0775. The number of carbonyl (C=O) groups is 4. The van der Waals surface area contributed by atoms with Crippen LogP contribution in [0.1, 0.15) is 33.1 Å². The van der Waals surface area contributed by atoms with Gasteiger partial charge in [-0.25, -0.2) is 0 Å². The lowest BCUT2D eigenvalue weighted by atomic mass is 9.95. The SMILES string of the molecule is CC(=O)C1CNCCC1=O.CC(=O)C1OCCCC1=O. The molecule has 2 rings (SSSR count). The van der Waals surface area contributed by atoms with Crippen molar-refractivity contribution in [3.63, 3.8) is 0 Å². The normalized spacial score (nSPS) is 26.5. The van der Waals surface area contributed by atoms with E-state index in [0.29, 0.717) is 26.0 Å². The van der Waals surface area contributed by atoms with Crippen molar-refractivity contribution in [1.29, 1.82) is 0 Å². The fourth-order valence-corrected chi connectivity index (χ4v) is 2.13. The molecule has 1 N–H and O–H groups in total. The van der Waals surface area contributed by atoms with Crippen LogP contribution in [-0.4, -0.2) is 48.9 Å². The van der Waals surface area contributed by atoms with Gasteiger partial charge in [0.25, 0.3) is 0 Å². The number of nitrogens with one attached hydrogen (secondary N) is 1. The molecule has 0 aliphatic carbocycles. The average molecular weight is 283 g/mol. The van der Waals surface area contributed by atoms with Gasteiger partial charge in [0.05, 0.1) is 5.92 Å². The van der Waals surface area contributed by atoms with Crippen LogP contribution in [0.5, 0.6) is 0 Å². The maximum atomic E-state index is 11.0. The number of ketones is 4. The van der Waals surface area contributed by atoms with Gasteiger partial charge in [0.2, 0.25) is 0 Å². The summed E-state index contributed by atoms with van der Waals surface area (Å²) in [7, 11) is 0. The van der Waals surface area contributed by atoms with Gasteiger partial charge in [0.1, 0.15) is 11.6 Å². The van der Waals surface area contributed by atoms with Crippen LogP contribution in [-0.2, 0) is 23.9 Å². The van der Waals surface area contributed by atoms with E-state index in [-0.39, 0.29) is 29.1 Å². The minimum Gasteiger partial charge on any atom is -0.363 e. The first kappa shape index (κ1) is 16.7. The minimum absolute atomic E-state index is 0.0165. The predicted molar refractivity (Wildman–Crippen MR) is 71.3 cm³/mol. The summed E-state index contributed by atoms with van der Waals surface area (Å²) < 4.78 is 4.95. The minimum atomic E-state index is -0.756. The molecular formula is C14H21NO5. The van der Waals surface area contributed by atoms with E-state index >= 15 is 0 Å². The Morgan fingerprint density at radius 1 is 1.10 bits per heavy atom. The van der Waals surface area contributed by atoms with Crippen molar-refractivity contribution in [1.82, 2.24) is 5.32 Å². The summed E-state index contributed by atoms with van der Waals surface area (Å²) >= 11 is 0. The Labute approximate surface area is 118 Å². The van der Waals surface area contributed by atoms with E-state index in [0.717, 1.165) is 13.0 Å². The molecule has 2 fully saturated rings. The van der Waals surface area contributed by atoms with Gasteiger partial charge in [0.15, 0.2) is 17.7 Å². The van der Waals surface area contributed by atoms with Crippen LogP contribution < -0.4 is 5.32 Å². The quantitative estimate of drug-likeness (QED) is 0.722. The molecule has 2 aliphatic rings. The van der Waals surface area contributed by atoms with Crippen molar-refractivity contribution in [2.75, 3.05) is 19.7 Å². The second kappa shape index (κ2) is 8.01. The van der Waals surface area contributed by atoms with Crippen LogP contribution in [0.15, 0.2) is 0 Å². The molecule has 0 aromatic carbocycles. The Hall–Kier alpha value is -1.40. The number of Topliss-reactive ketones (excluding diaryl/α,β-unsaturated/α-hetero) is 4. The highest BCUT2D eigenvalue weighted by atomic mass is 16.5.